The fraction of sp³-hybridized carbons (Fsp3) is 0.467. The Kier molecular flexibility index (Phi) is 4.68. The molecular formula is C15H20N2O2. The molecule has 0 radical (unpaired) electrons. The van der Waals surface area contributed by atoms with Gasteiger partial charge in [0.15, 0.2) is 5.78 Å². The zero-order chi connectivity index (χ0) is 13.7. The van der Waals surface area contributed by atoms with Crippen LogP contribution in [0.5, 0.6) is 0 Å². The van der Waals surface area contributed by atoms with Gasteiger partial charge >= 0.3 is 0 Å². The number of ketones is 1. The number of rotatable bonds is 4. The van der Waals surface area contributed by atoms with Gasteiger partial charge in [0, 0.05) is 18.7 Å². The molecule has 1 aliphatic rings. The van der Waals surface area contributed by atoms with Crippen molar-refractivity contribution in [2.75, 3.05) is 19.6 Å². The van der Waals surface area contributed by atoms with Crippen molar-refractivity contribution in [2.45, 2.75) is 25.8 Å². The van der Waals surface area contributed by atoms with Crippen LogP contribution < -0.4 is 5.32 Å². The molecule has 1 saturated heterocycles. The van der Waals surface area contributed by atoms with Gasteiger partial charge in [0.25, 0.3) is 0 Å². The molecule has 0 saturated carbocycles. The first-order valence-corrected chi connectivity index (χ1v) is 6.82. The average Bonchev–Trinajstić information content (AvgIpc) is 2.65. The molecule has 1 heterocycles. The number of hydrogen-bond donors (Lipinski definition) is 1. The second-order valence-corrected chi connectivity index (χ2v) is 4.83. The highest BCUT2D eigenvalue weighted by Crippen LogP contribution is 2.13. The van der Waals surface area contributed by atoms with Crippen LogP contribution in [-0.4, -0.2) is 42.3 Å². The lowest BCUT2D eigenvalue weighted by atomic mass is 10.0. The summed E-state index contributed by atoms with van der Waals surface area (Å²) in [5.74, 6) is 0.120. The van der Waals surface area contributed by atoms with Gasteiger partial charge in [-0.05, 0) is 12.8 Å². The molecular weight excluding hydrogens is 240 g/mol. The molecule has 1 fully saturated rings. The van der Waals surface area contributed by atoms with Crippen LogP contribution in [0.4, 0.5) is 0 Å². The van der Waals surface area contributed by atoms with E-state index in [0.717, 1.165) is 24.9 Å². The van der Waals surface area contributed by atoms with E-state index < -0.39 is 0 Å². The zero-order valence-corrected chi connectivity index (χ0v) is 11.3. The SMILES string of the molecule is CCC(C(=O)c1ccccc1)N1CCCNC(=O)C1. The first kappa shape index (κ1) is 13.7. The second kappa shape index (κ2) is 6.48. The van der Waals surface area contributed by atoms with Crippen LogP contribution in [0.2, 0.25) is 0 Å². The Morgan fingerprint density at radius 2 is 2.11 bits per heavy atom. The minimum atomic E-state index is -0.203. The molecule has 0 spiro atoms. The quantitative estimate of drug-likeness (QED) is 0.834. The third-order valence-corrected chi connectivity index (χ3v) is 3.48. The van der Waals surface area contributed by atoms with Gasteiger partial charge in [0.1, 0.15) is 0 Å². The molecule has 1 aliphatic heterocycles. The maximum absolute atomic E-state index is 12.5. The summed E-state index contributed by atoms with van der Waals surface area (Å²) in [7, 11) is 0. The first-order chi connectivity index (χ1) is 9.22. The highest BCUT2D eigenvalue weighted by molar-refractivity contribution is 6.00. The molecule has 19 heavy (non-hydrogen) atoms. The van der Waals surface area contributed by atoms with Crippen LogP contribution in [0.3, 0.4) is 0 Å². The van der Waals surface area contributed by atoms with Gasteiger partial charge in [-0.15, -0.1) is 0 Å². The van der Waals surface area contributed by atoms with E-state index in [2.05, 4.69) is 5.32 Å². The zero-order valence-electron chi connectivity index (χ0n) is 11.3. The van der Waals surface area contributed by atoms with E-state index in [-0.39, 0.29) is 17.7 Å². The van der Waals surface area contributed by atoms with Crippen LogP contribution in [-0.2, 0) is 4.79 Å². The number of nitrogens with one attached hydrogen (secondary N) is 1. The summed E-state index contributed by atoms with van der Waals surface area (Å²) >= 11 is 0. The van der Waals surface area contributed by atoms with E-state index in [9.17, 15) is 9.59 Å². The van der Waals surface area contributed by atoms with Crippen molar-refractivity contribution in [2.24, 2.45) is 0 Å². The molecule has 0 bridgehead atoms. The number of carbonyl (C=O) groups is 2. The summed E-state index contributed by atoms with van der Waals surface area (Å²) in [6, 6.07) is 9.11. The molecule has 1 N–H and O–H groups in total. The average molecular weight is 260 g/mol. The van der Waals surface area contributed by atoms with Crippen molar-refractivity contribution >= 4 is 11.7 Å². The van der Waals surface area contributed by atoms with Gasteiger partial charge in [0.2, 0.25) is 5.91 Å². The Hall–Kier alpha value is -1.68. The lowest BCUT2D eigenvalue weighted by Crippen LogP contribution is -2.44. The smallest absolute Gasteiger partial charge is 0.234 e. The van der Waals surface area contributed by atoms with Crippen LogP contribution in [0.15, 0.2) is 30.3 Å². The Morgan fingerprint density at radius 1 is 1.37 bits per heavy atom. The summed E-state index contributed by atoms with van der Waals surface area (Å²) < 4.78 is 0. The van der Waals surface area contributed by atoms with E-state index >= 15 is 0 Å². The monoisotopic (exact) mass is 260 g/mol. The van der Waals surface area contributed by atoms with E-state index in [1.54, 1.807) is 0 Å². The summed E-state index contributed by atoms with van der Waals surface area (Å²) in [5.41, 5.74) is 0.721. The van der Waals surface area contributed by atoms with E-state index in [1.807, 2.05) is 42.2 Å². The standard InChI is InChI=1S/C15H20N2O2/c1-2-13(15(19)12-7-4-3-5-8-12)17-10-6-9-16-14(18)11-17/h3-5,7-8,13H,2,6,9-11H2,1H3,(H,16,18). The number of hydrogen-bond acceptors (Lipinski definition) is 3. The first-order valence-electron chi connectivity index (χ1n) is 6.82. The molecule has 1 unspecified atom stereocenters. The maximum atomic E-state index is 12.5. The van der Waals surface area contributed by atoms with Crippen molar-refractivity contribution in [1.82, 2.24) is 10.2 Å². The molecule has 0 aliphatic carbocycles. The summed E-state index contributed by atoms with van der Waals surface area (Å²) in [6.45, 7) is 3.80. The Labute approximate surface area is 113 Å². The molecule has 1 aromatic rings. The van der Waals surface area contributed by atoms with Crippen molar-refractivity contribution in [1.29, 1.82) is 0 Å². The van der Waals surface area contributed by atoms with Crippen LogP contribution in [0, 0.1) is 0 Å². The van der Waals surface area contributed by atoms with Crippen LogP contribution in [0.25, 0.3) is 0 Å². The lowest BCUT2D eigenvalue weighted by molar-refractivity contribution is -0.121. The number of benzene rings is 1. The van der Waals surface area contributed by atoms with Crippen molar-refractivity contribution in [3.05, 3.63) is 35.9 Å². The molecule has 0 aromatic heterocycles. The Bertz CT molecular complexity index is 445. The largest absolute Gasteiger partial charge is 0.355 e. The van der Waals surface area contributed by atoms with Gasteiger partial charge in [0.05, 0.1) is 12.6 Å². The molecule has 1 amide bonds. The number of nitrogens with zero attached hydrogens (tertiary/aromatic N) is 1. The lowest BCUT2D eigenvalue weighted by Gasteiger charge is -2.27. The predicted octanol–water partition coefficient (Wildman–Crippen LogP) is 1.47. The van der Waals surface area contributed by atoms with Gasteiger partial charge in [-0.2, -0.15) is 0 Å². The number of carbonyl (C=O) groups excluding carboxylic acids is 2. The maximum Gasteiger partial charge on any atom is 0.234 e. The summed E-state index contributed by atoms with van der Waals surface area (Å²) in [5, 5.41) is 2.84. The normalized spacial score (nSPS) is 18.5. The molecule has 102 valence electrons. The predicted molar refractivity (Wildman–Crippen MR) is 74.1 cm³/mol. The molecule has 4 heteroatoms. The van der Waals surface area contributed by atoms with Gasteiger partial charge in [-0.25, -0.2) is 0 Å². The van der Waals surface area contributed by atoms with Gasteiger partial charge < -0.3 is 5.32 Å². The second-order valence-electron chi connectivity index (χ2n) is 4.83. The molecule has 2 rings (SSSR count). The fourth-order valence-electron chi connectivity index (χ4n) is 2.50. The van der Waals surface area contributed by atoms with Crippen LogP contribution in [0.1, 0.15) is 30.1 Å². The molecule has 4 nitrogen and oxygen atoms in total. The van der Waals surface area contributed by atoms with Crippen molar-refractivity contribution < 1.29 is 9.59 Å². The minimum Gasteiger partial charge on any atom is -0.355 e. The number of Topliss-reactive ketones (excluding diaryl/α,β-unsaturated/α-hetero) is 1. The Morgan fingerprint density at radius 3 is 2.79 bits per heavy atom. The summed E-state index contributed by atoms with van der Waals surface area (Å²) in [4.78, 5) is 26.1. The van der Waals surface area contributed by atoms with Crippen LogP contribution >= 0.6 is 0 Å². The van der Waals surface area contributed by atoms with E-state index in [4.69, 9.17) is 0 Å². The number of amides is 1. The van der Waals surface area contributed by atoms with Gasteiger partial charge in [-0.3, -0.25) is 14.5 Å². The molecule has 1 atom stereocenters. The Balaban J connectivity index is 2.14. The highest BCUT2D eigenvalue weighted by atomic mass is 16.2. The third kappa shape index (κ3) is 3.41. The minimum absolute atomic E-state index is 0.0109. The van der Waals surface area contributed by atoms with Gasteiger partial charge in [-0.1, -0.05) is 37.3 Å². The topological polar surface area (TPSA) is 49.4 Å². The summed E-state index contributed by atoms with van der Waals surface area (Å²) in [6.07, 6.45) is 1.62. The fourth-order valence-corrected chi connectivity index (χ4v) is 2.50. The van der Waals surface area contributed by atoms with E-state index in [1.165, 1.54) is 0 Å². The highest BCUT2D eigenvalue weighted by Gasteiger charge is 2.27. The van der Waals surface area contributed by atoms with E-state index in [0.29, 0.717) is 13.1 Å². The van der Waals surface area contributed by atoms with Crippen molar-refractivity contribution in [3.8, 4) is 0 Å². The third-order valence-electron chi connectivity index (χ3n) is 3.48. The molecule has 1 aromatic carbocycles. The van der Waals surface area contributed by atoms with Crippen molar-refractivity contribution in [3.63, 3.8) is 0 Å².